The van der Waals surface area contributed by atoms with Crippen molar-refractivity contribution in [3.05, 3.63) is 89.4 Å². The molecule has 0 fully saturated rings. The average Bonchev–Trinajstić information content (AvgIpc) is 3.23. The maximum atomic E-state index is 13.8. The minimum atomic E-state index is -4.37. The van der Waals surface area contributed by atoms with Gasteiger partial charge in [0, 0.05) is 17.1 Å². The molecule has 38 heavy (non-hydrogen) atoms. The minimum Gasteiger partial charge on any atom is -0.309 e. The second-order valence-electron chi connectivity index (χ2n) is 9.64. The number of nitrogens with one attached hydrogen (secondary N) is 2. The second-order valence-corrected chi connectivity index (χ2v) is 9.64. The van der Waals surface area contributed by atoms with Gasteiger partial charge >= 0.3 is 6.18 Å². The number of allylic oxidation sites excluding steroid dienone is 7. The number of benzene rings is 1. The zero-order valence-corrected chi connectivity index (χ0v) is 20.5. The number of rotatable bonds is 6. The summed E-state index contributed by atoms with van der Waals surface area (Å²) in [4.78, 5) is 26.3. The number of para-hydroxylation sites is 1. The van der Waals surface area contributed by atoms with E-state index in [-0.39, 0.29) is 36.2 Å². The fourth-order valence-electron chi connectivity index (χ4n) is 5.27. The highest BCUT2D eigenvalue weighted by molar-refractivity contribution is 6.02. The average molecular weight is 527 g/mol. The molecule has 1 amide bonds. The summed E-state index contributed by atoms with van der Waals surface area (Å²) in [6.07, 6.45) is 3.70. The van der Waals surface area contributed by atoms with Gasteiger partial charge in [0.25, 0.3) is 0 Å². The number of hydrogen-bond acceptors (Lipinski definition) is 4. The zero-order valence-electron chi connectivity index (χ0n) is 20.5. The SMILES string of the molecule is Cc1nn(-c2ccccc2)c2c1[C@H](C1C=CC(F)=CC1)[C@H](NCC(=O)C1=CCC(C(F)(F)F)C=C1)C(=O)N2. The molecule has 4 atom stereocenters. The fraction of sp³-hybridized carbons (Fsp3) is 0.321. The number of carbonyl (C=O) groups excluding carboxylic acids is 2. The number of aryl methyl sites for hydroxylation is 1. The highest BCUT2D eigenvalue weighted by Gasteiger charge is 2.43. The number of ketones is 1. The zero-order chi connectivity index (χ0) is 27.0. The molecule has 2 aromatic rings. The number of alkyl halides is 3. The van der Waals surface area contributed by atoms with E-state index in [2.05, 4.69) is 15.7 Å². The maximum Gasteiger partial charge on any atom is 0.395 e. The van der Waals surface area contributed by atoms with Crippen LogP contribution in [0.15, 0.2) is 78.2 Å². The van der Waals surface area contributed by atoms with Crippen LogP contribution in [0, 0.1) is 18.8 Å². The molecule has 5 rings (SSSR count). The fourth-order valence-corrected chi connectivity index (χ4v) is 5.27. The van der Waals surface area contributed by atoms with Crippen molar-refractivity contribution in [2.45, 2.75) is 37.9 Å². The summed E-state index contributed by atoms with van der Waals surface area (Å²) in [7, 11) is 0. The lowest BCUT2D eigenvalue weighted by Crippen LogP contribution is -2.51. The lowest BCUT2D eigenvalue weighted by Gasteiger charge is -2.36. The second kappa shape index (κ2) is 10.2. The molecule has 2 N–H and O–H groups in total. The molecule has 0 bridgehead atoms. The minimum absolute atomic E-state index is 0.169. The molecule has 2 aliphatic carbocycles. The van der Waals surface area contributed by atoms with E-state index in [1.54, 1.807) is 10.8 Å². The first kappa shape index (κ1) is 25.8. The van der Waals surface area contributed by atoms with Crippen molar-refractivity contribution in [1.82, 2.24) is 15.1 Å². The van der Waals surface area contributed by atoms with Gasteiger partial charge in [0.2, 0.25) is 5.91 Å². The van der Waals surface area contributed by atoms with Crippen molar-refractivity contribution in [2.24, 2.45) is 11.8 Å². The molecule has 0 radical (unpaired) electrons. The number of anilines is 1. The quantitative estimate of drug-likeness (QED) is 0.505. The first-order valence-corrected chi connectivity index (χ1v) is 12.3. The monoisotopic (exact) mass is 526 g/mol. The van der Waals surface area contributed by atoms with Gasteiger partial charge < -0.3 is 5.32 Å². The van der Waals surface area contributed by atoms with Crippen LogP contribution in [0.25, 0.3) is 5.69 Å². The summed E-state index contributed by atoms with van der Waals surface area (Å²) in [6, 6.07) is 8.48. The molecule has 2 heterocycles. The van der Waals surface area contributed by atoms with Crippen molar-refractivity contribution >= 4 is 17.5 Å². The van der Waals surface area contributed by atoms with E-state index in [0.717, 1.165) is 17.3 Å². The summed E-state index contributed by atoms with van der Waals surface area (Å²) in [6.45, 7) is 1.59. The Labute approximate surface area is 216 Å². The first-order valence-electron chi connectivity index (χ1n) is 12.3. The van der Waals surface area contributed by atoms with Crippen LogP contribution in [0.3, 0.4) is 0 Å². The van der Waals surface area contributed by atoms with E-state index >= 15 is 0 Å². The normalized spacial score (nSPS) is 24.9. The van der Waals surface area contributed by atoms with E-state index < -0.39 is 29.8 Å². The molecule has 198 valence electrons. The Bertz CT molecular complexity index is 1370. The number of nitrogens with zero attached hydrogens (tertiary/aromatic N) is 2. The number of halogens is 4. The van der Waals surface area contributed by atoms with Crippen molar-refractivity contribution in [2.75, 3.05) is 11.9 Å². The van der Waals surface area contributed by atoms with Gasteiger partial charge in [0.05, 0.1) is 29.9 Å². The summed E-state index contributed by atoms with van der Waals surface area (Å²) >= 11 is 0. The van der Waals surface area contributed by atoms with Gasteiger partial charge in [-0.25, -0.2) is 9.07 Å². The summed E-state index contributed by atoms with van der Waals surface area (Å²) in [5.74, 6) is -2.95. The van der Waals surface area contributed by atoms with E-state index in [4.69, 9.17) is 0 Å². The topological polar surface area (TPSA) is 76.0 Å². The van der Waals surface area contributed by atoms with Crippen molar-refractivity contribution in [3.8, 4) is 5.69 Å². The molecule has 1 aromatic carbocycles. The van der Waals surface area contributed by atoms with Crippen LogP contribution in [0.5, 0.6) is 0 Å². The van der Waals surface area contributed by atoms with Crippen molar-refractivity contribution < 1.29 is 27.2 Å². The molecular weight excluding hydrogens is 500 g/mol. The largest absolute Gasteiger partial charge is 0.395 e. The van der Waals surface area contributed by atoms with Crippen LogP contribution in [0.1, 0.15) is 30.0 Å². The molecule has 3 aliphatic rings. The number of amides is 1. The van der Waals surface area contributed by atoms with Crippen LogP contribution >= 0.6 is 0 Å². The maximum absolute atomic E-state index is 13.8. The van der Waals surface area contributed by atoms with Crippen molar-refractivity contribution in [3.63, 3.8) is 0 Å². The van der Waals surface area contributed by atoms with Crippen molar-refractivity contribution in [1.29, 1.82) is 0 Å². The lowest BCUT2D eigenvalue weighted by molar-refractivity contribution is -0.160. The Kier molecular flexibility index (Phi) is 6.92. The van der Waals surface area contributed by atoms with Gasteiger partial charge in [-0.05, 0) is 50.0 Å². The summed E-state index contributed by atoms with van der Waals surface area (Å²) < 4.78 is 54.3. The Balaban J connectivity index is 1.42. The third-order valence-corrected chi connectivity index (χ3v) is 7.20. The van der Waals surface area contributed by atoms with Gasteiger partial charge in [0.15, 0.2) is 5.78 Å². The van der Waals surface area contributed by atoms with Crippen LogP contribution in [-0.2, 0) is 9.59 Å². The standard InChI is InChI=1S/C28H26F4N4O2/c1-16-23-24(18-9-13-20(29)14-10-18)25(27(38)34-26(23)36(35-16)21-5-3-2-4-6-21)33-15-22(37)17-7-11-19(12-8-17)28(30,31)32/h2-9,11,13-14,18-19,24-25,33H,10,12,15H2,1H3,(H,34,38)/t18?,19?,24-,25-/m0/s1. The molecule has 10 heteroatoms. The van der Waals surface area contributed by atoms with E-state index in [1.165, 1.54) is 24.3 Å². The Morgan fingerprint density at radius 3 is 2.53 bits per heavy atom. The van der Waals surface area contributed by atoms with Crippen LogP contribution < -0.4 is 10.6 Å². The third-order valence-electron chi connectivity index (χ3n) is 7.20. The molecular formula is C28H26F4N4O2. The highest BCUT2D eigenvalue weighted by Crippen LogP contribution is 2.43. The van der Waals surface area contributed by atoms with E-state index in [9.17, 15) is 27.2 Å². The molecule has 2 unspecified atom stereocenters. The number of carbonyl (C=O) groups is 2. The van der Waals surface area contributed by atoms with Gasteiger partial charge in [-0.2, -0.15) is 18.3 Å². The Hall–Kier alpha value is -3.79. The van der Waals surface area contributed by atoms with Gasteiger partial charge in [0.1, 0.15) is 11.6 Å². The van der Waals surface area contributed by atoms with Gasteiger partial charge in [-0.1, -0.05) is 42.5 Å². The number of hydrogen-bond donors (Lipinski definition) is 2. The first-order chi connectivity index (χ1) is 18.1. The summed E-state index contributed by atoms with van der Waals surface area (Å²) in [5, 5.41) is 10.6. The Morgan fingerprint density at radius 2 is 1.89 bits per heavy atom. The highest BCUT2D eigenvalue weighted by atomic mass is 19.4. The number of fused-ring (bicyclic) bond motifs is 1. The number of Topliss-reactive ketones (excluding diaryl/α,β-unsaturated/α-hetero) is 1. The van der Waals surface area contributed by atoms with Gasteiger partial charge in [-0.15, -0.1) is 0 Å². The molecule has 0 saturated carbocycles. The third kappa shape index (κ3) is 5.00. The molecule has 1 aliphatic heterocycles. The Morgan fingerprint density at radius 1 is 1.13 bits per heavy atom. The molecule has 0 saturated heterocycles. The van der Waals surface area contributed by atoms with Crippen LogP contribution in [-0.4, -0.2) is 40.2 Å². The molecule has 1 aromatic heterocycles. The predicted molar refractivity (Wildman–Crippen MR) is 134 cm³/mol. The predicted octanol–water partition coefficient (Wildman–Crippen LogP) is 5.24. The van der Waals surface area contributed by atoms with Crippen LogP contribution in [0.2, 0.25) is 0 Å². The smallest absolute Gasteiger partial charge is 0.309 e. The molecule has 0 spiro atoms. The van der Waals surface area contributed by atoms with Gasteiger partial charge in [-0.3, -0.25) is 14.9 Å². The lowest BCUT2D eigenvalue weighted by atomic mass is 9.75. The van der Waals surface area contributed by atoms with E-state index in [0.29, 0.717) is 17.9 Å². The molecule has 6 nitrogen and oxygen atoms in total. The van der Waals surface area contributed by atoms with Crippen LogP contribution in [0.4, 0.5) is 23.4 Å². The number of aromatic nitrogens is 2. The summed E-state index contributed by atoms with van der Waals surface area (Å²) in [5.41, 5.74) is 2.40. The van der Waals surface area contributed by atoms with E-state index in [1.807, 2.05) is 37.3 Å².